The van der Waals surface area contributed by atoms with Crippen molar-refractivity contribution < 1.29 is 9.13 Å². The van der Waals surface area contributed by atoms with E-state index in [4.69, 9.17) is 10.5 Å². The molecule has 0 unspecified atom stereocenters. The molecule has 0 aromatic heterocycles. The number of halogens is 2. The lowest BCUT2D eigenvalue weighted by molar-refractivity contribution is 0.267. The summed E-state index contributed by atoms with van der Waals surface area (Å²) in [5.41, 5.74) is 6.70. The predicted molar refractivity (Wildman–Crippen MR) is 50.7 cm³/mol. The van der Waals surface area contributed by atoms with E-state index in [1.165, 1.54) is 12.1 Å². The first-order valence-electron chi connectivity index (χ1n) is 3.95. The highest BCUT2D eigenvalue weighted by molar-refractivity contribution is 5.85. The lowest BCUT2D eigenvalue weighted by Crippen LogP contribution is -2.20. The fourth-order valence-corrected chi connectivity index (χ4v) is 1.39. The molecule has 2 rings (SSSR count). The molecule has 13 heavy (non-hydrogen) atoms. The molecule has 0 bridgehead atoms. The van der Waals surface area contributed by atoms with Gasteiger partial charge in [0.25, 0.3) is 0 Å². The van der Waals surface area contributed by atoms with E-state index in [-0.39, 0.29) is 24.3 Å². The molecule has 0 radical (unpaired) electrons. The Morgan fingerprint density at radius 1 is 1.46 bits per heavy atom. The Balaban J connectivity index is 0.000000845. The molecular formula is C9H11ClFNO. The molecule has 1 aromatic rings. The molecule has 4 heteroatoms. The van der Waals surface area contributed by atoms with Gasteiger partial charge >= 0.3 is 0 Å². The number of ether oxygens (including phenoxy) is 1. The summed E-state index contributed by atoms with van der Waals surface area (Å²) in [6.45, 7) is 0.581. The van der Waals surface area contributed by atoms with Crippen molar-refractivity contribution in [2.75, 3.05) is 6.61 Å². The molecule has 0 saturated carbocycles. The Labute approximate surface area is 82.3 Å². The van der Waals surface area contributed by atoms with Crippen molar-refractivity contribution in [3.05, 3.63) is 29.6 Å². The number of benzene rings is 1. The van der Waals surface area contributed by atoms with Crippen LogP contribution in [0.4, 0.5) is 4.39 Å². The maximum atomic E-state index is 12.7. The van der Waals surface area contributed by atoms with E-state index >= 15 is 0 Å². The summed E-state index contributed by atoms with van der Waals surface area (Å²) in [5.74, 6) is 0.316. The van der Waals surface area contributed by atoms with Crippen LogP contribution in [0.1, 0.15) is 18.0 Å². The summed E-state index contributed by atoms with van der Waals surface area (Å²) in [6, 6.07) is 4.48. The van der Waals surface area contributed by atoms with Crippen LogP contribution in [-0.2, 0) is 0 Å². The Morgan fingerprint density at radius 3 is 3.00 bits per heavy atom. The monoisotopic (exact) mass is 203 g/mol. The summed E-state index contributed by atoms with van der Waals surface area (Å²) < 4.78 is 18.0. The normalized spacial score (nSPS) is 19.7. The minimum Gasteiger partial charge on any atom is -0.493 e. The van der Waals surface area contributed by atoms with Gasteiger partial charge in [-0.25, -0.2) is 4.39 Å². The van der Waals surface area contributed by atoms with Gasteiger partial charge in [-0.05, 0) is 6.07 Å². The zero-order valence-corrected chi connectivity index (χ0v) is 7.81. The smallest absolute Gasteiger partial charge is 0.126 e. The second kappa shape index (κ2) is 3.94. The molecule has 0 fully saturated rings. The van der Waals surface area contributed by atoms with Gasteiger partial charge in [0.2, 0.25) is 0 Å². The molecule has 1 aliphatic rings. The van der Waals surface area contributed by atoms with Crippen molar-refractivity contribution in [3.8, 4) is 5.75 Å². The van der Waals surface area contributed by atoms with Crippen LogP contribution in [0.2, 0.25) is 0 Å². The van der Waals surface area contributed by atoms with Gasteiger partial charge < -0.3 is 10.5 Å². The number of hydrogen-bond acceptors (Lipinski definition) is 2. The van der Waals surface area contributed by atoms with Gasteiger partial charge in [0.05, 0.1) is 6.61 Å². The molecule has 2 N–H and O–H groups in total. The van der Waals surface area contributed by atoms with Gasteiger partial charge in [-0.15, -0.1) is 12.4 Å². The Morgan fingerprint density at radius 2 is 2.23 bits per heavy atom. The number of nitrogens with two attached hydrogens (primary N) is 1. The van der Waals surface area contributed by atoms with Crippen LogP contribution in [0.3, 0.4) is 0 Å². The second-order valence-electron chi connectivity index (χ2n) is 2.93. The van der Waals surface area contributed by atoms with Crippen LogP contribution in [-0.4, -0.2) is 6.61 Å². The molecule has 1 aromatic carbocycles. The van der Waals surface area contributed by atoms with Gasteiger partial charge in [-0.3, -0.25) is 0 Å². The molecule has 2 nitrogen and oxygen atoms in total. The summed E-state index contributed by atoms with van der Waals surface area (Å²) in [7, 11) is 0. The fraction of sp³-hybridized carbons (Fsp3) is 0.333. The molecule has 1 aliphatic heterocycles. The SMILES string of the molecule is Cl.N[C@@H]1CCOc2cc(F)ccc21. The summed E-state index contributed by atoms with van der Waals surface area (Å²) in [4.78, 5) is 0. The van der Waals surface area contributed by atoms with E-state index in [2.05, 4.69) is 0 Å². The highest BCUT2D eigenvalue weighted by Crippen LogP contribution is 2.30. The Hall–Kier alpha value is -0.800. The van der Waals surface area contributed by atoms with Crippen LogP contribution in [0.15, 0.2) is 18.2 Å². The van der Waals surface area contributed by atoms with Crippen molar-refractivity contribution in [3.63, 3.8) is 0 Å². The van der Waals surface area contributed by atoms with E-state index < -0.39 is 0 Å². The summed E-state index contributed by atoms with van der Waals surface area (Å²) >= 11 is 0. The number of rotatable bonds is 0. The van der Waals surface area contributed by atoms with Crippen molar-refractivity contribution in [2.24, 2.45) is 5.73 Å². The standard InChI is InChI=1S/C9H10FNO.ClH/c10-6-1-2-7-8(11)3-4-12-9(7)5-6;/h1-2,5,8H,3-4,11H2;1H/t8-;/m1./s1. The first kappa shape index (κ1) is 10.3. The van der Waals surface area contributed by atoms with E-state index in [9.17, 15) is 4.39 Å². The van der Waals surface area contributed by atoms with E-state index in [0.29, 0.717) is 12.4 Å². The molecule has 0 amide bonds. The molecule has 0 aliphatic carbocycles. The van der Waals surface area contributed by atoms with Crippen molar-refractivity contribution >= 4 is 12.4 Å². The van der Waals surface area contributed by atoms with Crippen LogP contribution in [0, 0.1) is 5.82 Å². The minimum absolute atomic E-state index is 0. The van der Waals surface area contributed by atoms with Crippen LogP contribution in [0.25, 0.3) is 0 Å². The number of hydrogen-bond donors (Lipinski definition) is 1. The highest BCUT2D eigenvalue weighted by atomic mass is 35.5. The summed E-state index contributed by atoms with van der Waals surface area (Å²) in [6.07, 6.45) is 0.804. The first-order valence-corrected chi connectivity index (χ1v) is 3.95. The second-order valence-corrected chi connectivity index (χ2v) is 2.93. The third kappa shape index (κ3) is 1.92. The molecule has 72 valence electrons. The first-order chi connectivity index (χ1) is 5.77. The third-order valence-electron chi connectivity index (χ3n) is 2.06. The summed E-state index contributed by atoms with van der Waals surface area (Å²) in [5, 5.41) is 0. The van der Waals surface area contributed by atoms with E-state index in [0.717, 1.165) is 12.0 Å². The van der Waals surface area contributed by atoms with Gasteiger partial charge in [0.1, 0.15) is 11.6 Å². The molecule has 0 spiro atoms. The zero-order valence-electron chi connectivity index (χ0n) is 7.00. The van der Waals surface area contributed by atoms with Crippen LogP contribution in [0.5, 0.6) is 5.75 Å². The molecule has 1 heterocycles. The lowest BCUT2D eigenvalue weighted by atomic mass is 10.0. The van der Waals surface area contributed by atoms with Gasteiger partial charge in [0, 0.05) is 24.1 Å². The quantitative estimate of drug-likeness (QED) is 0.700. The van der Waals surface area contributed by atoms with Crippen LogP contribution >= 0.6 is 12.4 Å². The maximum absolute atomic E-state index is 12.7. The average molecular weight is 204 g/mol. The topological polar surface area (TPSA) is 35.2 Å². The van der Waals surface area contributed by atoms with E-state index in [1.807, 2.05) is 0 Å². The zero-order chi connectivity index (χ0) is 8.55. The van der Waals surface area contributed by atoms with Gasteiger partial charge in [0.15, 0.2) is 0 Å². The molecular weight excluding hydrogens is 193 g/mol. The molecule has 0 saturated heterocycles. The molecule has 1 atom stereocenters. The fourth-order valence-electron chi connectivity index (χ4n) is 1.39. The minimum atomic E-state index is -0.275. The van der Waals surface area contributed by atoms with Crippen molar-refractivity contribution in [1.82, 2.24) is 0 Å². The largest absolute Gasteiger partial charge is 0.493 e. The maximum Gasteiger partial charge on any atom is 0.126 e. The van der Waals surface area contributed by atoms with E-state index in [1.54, 1.807) is 6.07 Å². The predicted octanol–water partition coefficient (Wildman–Crippen LogP) is 2.03. The van der Waals surface area contributed by atoms with Crippen molar-refractivity contribution in [2.45, 2.75) is 12.5 Å². The van der Waals surface area contributed by atoms with Gasteiger partial charge in [-0.1, -0.05) is 6.07 Å². The third-order valence-corrected chi connectivity index (χ3v) is 2.06. The van der Waals surface area contributed by atoms with Crippen LogP contribution < -0.4 is 10.5 Å². The Kier molecular flexibility index (Phi) is 3.12. The Bertz CT molecular complexity index is 306. The van der Waals surface area contributed by atoms with Gasteiger partial charge in [-0.2, -0.15) is 0 Å². The number of fused-ring (bicyclic) bond motifs is 1. The van der Waals surface area contributed by atoms with Crippen molar-refractivity contribution in [1.29, 1.82) is 0 Å². The highest BCUT2D eigenvalue weighted by Gasteiger charge is 2.17. The lowest BCUT2D eigenvalue weighted by Gasteiger charge is -2.22. The average Bonchev–Trinajstić information content (AvgIpc) is 2.04.